The van der Waals surface area contributed by atoms with Crippen molar-refractivity contribution in [1.29, 1.82) is 0 Å². The predicted molar refractivity (Wildman–Crippen MR) is 130 cm³/mol. The Morgan fingerprint density at radius 3 is 2.61 bits per heavy atom. The first-order valence-corrected chi connectivity index (χ1v) is 11.3. The summed E-state index contributed by atoms with van der Waals surface area (Å²) >= 11 is 12.7. The lowest BCUT2D eigenvalue weighted by Gasteiger charge is -2.27. The van der Waals surface area contributed by atoms with E-state index in [1.54, 1.807) is 6.07 Å². The number of carbonyl (C=O) groups is 1. The van der Waals surface area contributed by atoms with Crippen LogP contribution in [-0.2, 0) is 6.42 Å². The molecule has 4 nitrogen and oxygen atoms in total. The van der Waals surface area contributed by atoms with Crippen LogP contribution < -0.4 is 16.0 Å². The molecule has 1 amide bonds. The molecule has 1 aliphatic rings. The molecule has 0 atom stereocenters. The molecule has 0 saturated heterocycles. The summed E-state index contributed by atoms with van der Waals surface area (Å²) < 4.78 is 0. The van der Waals surface area contributed by atoms with Crippen molar-refractivity contribution in [3.63, 3.8) is 0 Å². The van der Waals surface area contributed by atoms with Crippen molar-refractivity contribution in [3.8, 4) is 11.1 Å². The molecule has 3 aromatic carbocycles. The van der Waals surface area contributed by atoms with E-state index in [-0.39, 0.29) is 5.91 Å². The monoisotopic (exact) mass is 453 g/mol. The quantitative estimate of drug-likeness (QED) is 0.511. The molecule has 0 unspecified atom stereocenters. The van der Waals surface area contributed by atoms with Crippen molar-refractivity contribution in [1.82, 2.24) is 5.32 Å². The molecule has 1 aliphatic heterocycles. The molecule has 0 spiro atoms. The van der Waals surface area contributed by atoms with E-state index in [0.717, 1.165) is 48.3 Å². The molecule has 160 valence electrons. The van der Waals surface area contributed by atoms with Crippen molar-refractivity contribution in [2.45, 2.75) is 19.3 Å². The molecule has 6 heteroatoms. The van der Waals surface area contributed by atoms with E-state index in [1.165, 1.54) is 5.56 Å². The SMILES string of the molecule is NCCNC(=O)c1cccc(-c2ccc3c(c2)N(c2ccc(Cl)cc2Cl)CCCC3)c1. The van der Waals surface area contributed by atoms with Crippen LogP contribution in [0.2, 0.25) is 10.0 Å². The second-order valence-corrected chi connectivity index (χ2v) is 8.52. The fourth-order valence-electron chi connectivity index (χ4n) is 3.99. The van der Waals surface area contributed by atoms with Gasteiger partial charge in [-0.05, 0) is 72.4 Å². The fourth-order valence-corrected chi connectivity index (χ4v) is 4.50. The van der Waals surface area contributed by atoms with Gasteiger partial charge in [-0.2, -0.15) is 0 Å². The number of anilines is 2. The van der Waals surface area contributed by atoms with Crippen LogP contribution in [0.3, 0.4) is 0 Å². The summed E-state index contributed by atoms with van der Waals surface area (Å²) in [6.07, 6.45) is 3.24. The number of nitrogens with one attached hydrogen (secondary N) is 1. The van der Waals surface area contributed by atoms with Crippen LogP contribution in [0.25, 0.3) is 11.1 Å². The lowest BCUT2D eigenvalue weighted by Crippen LogP contribution is -2.28. The van der Waals surface area contributed by atoms with Gasteiger partial charge in [0.15, 0.2) is 0 Å². The molecular formula is C25H25Cl2N3O. The third-order valence-electron chi connectivity index (χ3n) is 5.54. The number of hydrogen-bond acceptors (Lipinski definition) is 3. The van der Waals surface area contributed by atoms with Crippen molar-refractivity contribution < 1.29 is 4.79 Å². The standard InChI is InChI=1S/C25H25Cl2N3O/c26-21-9-10-23(22(27)16-21)30-13-2-1-4-17-7-8-19(15-24(17)30)18-5-3-6-20(14-18)25(31)29-12-11-28/h3,5-10,14-16H,1-2,4,11-13,28H2,(H,29,31). The molecule has 31 heavy (non-hydrogen) atoms. The van der Waals surface area contributed by atoms with Crippen LogP contribution in [-0.4, -0.2) is 25.5 Å². The smallest absolute Gasteiger partial charge is 0.251 e. The Bertz CT molecular complexity index is 1100. The highest BCUT2D eigenvalue weighted by molar-refractivity contribution is 6.36. The first-order chi connectivity index (χ1) is 15.1. The van der Waals surface area contributed by atoms with Gasteiger partial charge in [-0.25, -0.2) is 0 Å². The highest BCUT2D eigenvalue weighted by Crippen LogP contribution is 2.39. The van der Waals surface area contributed by atoms with Crippen LogP contribution in [0.4, 0.5) is 11.4 Å². The van der Waals surface area contributed by atoms with Gasteiger partial charge in [0.2, 0.25) is 0 Å². The third kappa shape index (κ3) is 4.87. The highest BCUT2D eigenvalue weighted by atomic mass is 35.5. The second kappa shape index (κ2) is 9.73. The number of halogens is 2. The van der Waals surface area contributed by atoms with Crippen LogP contribution in [0.15, 0.2) is 60.7 Å². The van der Waals surface area contributed by atoms with Crippen molar-refractivity contribution in [2.24, 2.45) is 5.73 Å². The van der Waals surface area contributed by atoms with E-state index in [4.69, 9.17) is 28.9 Å². The Morgan fingerprint density at radius 1 is 0.968 bits per heavy atom. The highest BCUT2D eigenvalue weighted by Gasteiger charge is 2.20. The number of nitrogens with two attached hydrogens (primary N) is 1. The van der Waals surface area contributed by atoms with Gasteiger partial charge in [0, 0.05) is 35.9 Å². The number of rotatable bonds is 5. The maximum Gasteiger partial charge on any atom is 0.251 e. The van der Waals surface area contributed by atoms with E-state index in [1.807, 2.05) is 36.4 Å². The van der Waals surface area contributed by atoms with E-state index in [9.17, 15) is 4.79 Å². The first kappa shape index (κ1) is 21.7. The van der Waals surface area contributed by atoms with E-state index in [0.29, 0.717) is 28.7 Å². The molecule has 0 aliphatic carbocycles. The number of carbonyl (C=O) groups excluding carboxylic acids is 1. The molecule has 0 fully saturated rings. The summed E-state index contributed by atoms with van der Waals surface area (Å²) in [7, 11) is 0. The number of benzene rings is 3. The van der Waals surface area contributed by atoms with Gasteiger partial charge in [0.25, 0.3) is 5.91 Å². The lowest BCUT2D eigenvalue weighted by molar-refractivity contribution is 0.0955. The van der Waals surface area contributed by atoms with Crippen LogP contribution >= 0.6 is 23.2 Å². The van der Waals surface area contributed by atoms with E-state index >= 15 is 0 Å². The summed E-state index contributed by atoms with van der Waals surface area (Å²) in [6, 6.07) is 19.8. The average molecular weight is 454 g/mol. The largest absolute Gasteiger partial charge is 0.351 e. The van der Waals surface area contributed by atoms with Crippen LogP contribution in [0.5, 0.6) is 0 Å². The molecule has 4 rings (SSSR count). The first-order valence-electron chi connectivity index (χ1n) is 10.5. The topological polar surface area (TPSA) is 58.4 Å². The fraction of sp³-hybridized carbons (Fsp3) is 0.240. The zero-order valence-electron chi connectivity index (χ0n) is 17.2. The summed E-state index contributed by atoms with van der Waals surface area (Å²) in [6.45, 7) is 1.76. The summed E-state index contributed by atoms with van der Waals surface area (Å²) in [5, 5.41) is 4.10. The number of fused-ring (bicyclic) bond motifs is 1. The van der Waals surface area contributed by atoms with Gasteiger partial charge < -0.3 is 16.0 Å². The lowest BCUT2D eigenvalue weighted by atomic mass is 9.98. The minimum absolute atomic E-state index is 0.114. The maximum atomic E-state index is 12.4. The molecule has 1 heterocycles. The van der Waals surface area contributed by atoms with Gasteiger partial charge in [-0.3, -0.25) is 4.79 Å². The minimum Gasteiger partial charge on any atom is -0.351 e. The van der Waals surface area contributed by atoms with E-state index in [2.05, 4.69) is 28.4 Å². The molecule has 0 radical (unpaired) electrons. The van der Waals surface area contributed by atoms with Crippen molar-refractivity contribution in [3.05, 3.63) is 81.8 Å². The van der Waals surface area contributed by atoms with E-state index < -0.39 is 0 Å². The predicted octanol–water partition coefficient (Wildman–Crippen LogP) is 5.82. The average Bonchev–Trinajstić information content (AvgIpc) is 2.99. The van der Waals surface area contributed by atoms with Gasteiger partial charge in [0.05, 0.1) is 10.7 Å². The Morgan fingerprint density at radius 2 is 1.81 bits per heavy atom. The Hall–Kier alpha value is -2.53. The third-order valence-corrected chi connectivity index (χ3v) is 6.08. The number of amides is 1. The molecule has 3 N–H and O–H groups in total. The zero-order valence-corrected chi connectivity index (χ0v) is 18.7. The van der Waals surface area contributed by atoms with Gasteiger partial charge in [0.1, 0.15) is 0 Å². The normalized spacial score (nSPS) is 13.5. The Balaban J connectivity index is 1.73. The van der Waals surface area contributed by atoms with Gasteiger partial charge >= 0.3 is 0 Å². The number of aryl methyl sites for hydroxylation is 1. The number of hydrogen-bond donors (Lipinski definition) is 2. The van der Waals surface area contributed by atoms with Crippen LogP contribution in [0, 0.1) is 0 Å². The number of nitrogens with zero attached hydrogens (tertiary/aromatic N) is 1. The minimum atomic E-state index is -0.114. The van der Waals surface area contributed by atoms with Crippen LogP contribution in [0.1, 0.15) is 28.8 Å². The van der Waals surface area contributed by atoms with Crippen molar-refractivity contribution in [2.75, 3.05) is 24.5 Å². The molecular weight excluding hydrogens is 429 g/mol. The Labute approximate surface area is 193 Å². The molecule has 3 aromatic rings. The molecule has 0 aromatic heterocycles. The zero-order chi connectivity index (χ0) is 21.8. The van der Waals surface area contributed by atoms with Gasteiger partial charge in [-0.15, -0.1) is 0 Å². The summed E-state index contributed by atoms with van der Waals surface area (Å²) in [5.74, 6) is -0.114. The maximum absolute atomic E-state index is 12.4. The molecule has 0 bridgehead atoms. The Kier molecular flexibility index (Phi) is 6.81. The molecule has 0 saturated carbocycles. The van der Waals surface area contributed by atoms with Crippen molar-refractivity contribution >= 4 is 40.5 Å². The summed E-state index contributed by atoms with van der Waals surface area (Å²) in [5.41, 5.74) is 11.6. The summed E-state index contributed by atoms with van der Waals surface area (Å²) in [4.78, 5) is 14.6. The second-order valence-electron chi connectivity index (χ2n) is 7.67. The van der Waals surface area contributed by atoms with Gasteiger partial charge in [-0.1, -0.05) is 47.5 Å².